The number of hydrogen-bond donors (Lipinski definition) is 0. The van der Waals surface area contributed by atoms with E-state index >= 15 is 0 Å². The molecular weight excluding hydrogens is 274 g/mol. The second kappa shape index (κ2) is 9.62. The first-order valence-electron chi connectivity index (χ1n) is 8.46. The van der Waals surface area contributed by atoms with Crippen molar-refractivity contribution in [2.75, 3.05) is 26.2 Å². The summed E-state index contributed by atoms with van der Waals surface area (Å²) in [5, 5.41) is 0. The number of Topliss-reactive ketones (excluding diaryl/α,β-unsaturated/α-hetero) is 1. The van der Waals surface area contributed by atoms with Crippen LogP contribution in [0.25, 0.3) is 0 Å². The van der Waals surface area contributed by atoms with E-state index in [1.54, 1.807) is 0 Å². The summed E-state index contributed by atoms with van der Waals surface area (Å²) in [5.41, 5.74) is 1.82. The predicted molar refractivity (Wildman–Crippen MR) is 92.9 cm³/mol. The van der Waals surface area contributed by atoms with Crippen molar-refractivity contribution in [2.24, 2.45) is 5.92 Å². The van der Waals surface area contributed by atoms with Gasteiger partial charge >= 0.3 is 0 Å². The van der Waals surface area contributed by atoms with Crippen molar-refractivity contribution in [2.45, 2.75) is 47.5 Å². The average molecular weight is 305 g/mol. The first kappa shape index (κ1) is 18.7. The number of ketones is 1. The van der Waals surface area contributed by atoms with Gasteiger partial charge in [-0.1, -0.05) is 39.3 Å². The molecule has 0 aliphatic rings. The van der Waals surface area contributed by atoms with Gasteiger partial charge in [0, 0.05) is 0 Å². The molecule has 0 radical (unpaired) electrons. The van der Waals surface area contributed by atoms with E-state index in [0.29, 0.717) is 19.1 Å². The van der Waals surface area contributed by atoms with Gasteiger partial charge in [-0.25, -0.2) is 0 Å². The summed E-state index contributed by atoms with van der Waals surface area (Å²) in [6, 6.07) is 5.88. The Morgan fingerprint density at radius 1 is 1.18 bits per heavy atom. The number of carbonyl (C=O) groups excluding carboxylic acids is 1. The first-order chi connectivity index (χ1) is 10.5. The number of ether oxygens (including phenoxy) is 1. The standard InChI is InChI=1S/C19H31NO2/c1-6-10-20(11-7-2)13-18(21)17-12-16(5)8-9-19(17)22-14-15(3)4/h8-9,12,15H,6-7,10-11,13-14H2,1-5H3. The number of nitrogens with zero attached hydrogens (tertiary/aromatic N) is 1. The molecule has 3 heteroatoms. The van der Waals surface area contributed by atoms with Crippen molar-refractivity contribution in [1.82, 2.24) is 4.90 Å². The summed E-state index contributed by atoms with van der Waals surface area (Å²) in [5.74, 6) is 1.32. The van der Waals surface area contributed by atoms with Crippen molar-refractivity contribution >= 4 is 5.78 Å². The third-order valence-corrected chi connectivity index (χ3v) is 3.45. The smallest absolute Gasteiger partial charge is 0.180 e. The second-order valence-electron chi connectivity index (χ2n) is 6.40. The number of carbonyl (C=O) groups is 1. The zero-order chi connectivity index (χ0) is 16.5. The van der Waals surface area contributed by atoms with E-state index < -0.39 is 0 Å². The number of benzene rings is 1. The van der Waals surface area contributed by atoms with Crippen LogP contribution in [0.3, 0.4) is 0 Å². The van der Waals surface area contributed by atoms with Gasteiger partial charge in [0.05, 0.1) is 18.7 Å². The molecule has 0 saturated carbocycles. The second-order valence-corrected chi connectivity index (χ2v) is 6.40. The van der Waals surface area contributed by atoms with Crippen LogP contribution in [0.1, 0.15) is 56.5 Å². The summed E-state index contributed by atoms with van der Waals surface area (Å²) in [6.07, 6.45) is 2.13. The van der Waals surface area contributed by atoms with Gasteiger partial charge in [-0.05, 0) is 50.9 Å². The number of aryl methyl sites for hydroxylation is 1. The highest BCUT2D eigenvalue weighted by atomic mass is 16.5. The van der Waals surface area contributed by atoms with Gasteiger partial charge in [-0.2, -0.15) is 0 Å². The lowest BCUT2D eigenvalue weighted by Gasteiger charge is -2.21. The van der Waals surface area contributed by atoms with Crippen LogP contribution in [0.2, 0.25) is 0 Å². The monoisotopic (exact) mass is 305 g/mol. The van der Waals surface area contributed by atoms with Crippen molar-refractivity contribution in [3.63, 3.8) is 0 Å². The fourth-order valence-corrected chi connectivity index (χ4v) is 2.43. The predicted octanol–water partition coefficient (Wildman–Crippen LogP) is 4.33. The Balaban J connectivity index is 2.87. The molecule has 1 aromatic carbocycles. The molecule has 0 N–H and O–H groups in total. The van der Waals surface area contributed by atoms with Crippen LogP contribution >= 0.6 is 0 Å². The van der Waals surface area contributed by atoms with Gasteiger partial charge in [0.1, 0.15) is 5.75 Å². The molecule has 3 nitrogen and oxygen atoms in total. The lowest BCUT2D eigenvalue weighted by molar-refractivity contribution is 0.0925. The van der Waals surface area contributed by atoms with Crippen LogP contribution in [0.15, 0.2) is 18.2 Å². The molecule has 0 unspecified atom stereocenters. The van der Waals surface area contributed by atoms with E-state index in [9.17, 15) is 4.79 Å². The van der Waals surface area contributed by atoms with Gasteiger partial charge in [0.2, 0.25) is 0 Å². The van der Waals surface area contributed by atoms with Crippen molar-refractivity contribution in [1.29, 1.82) is 0 Å². The van der Waals surface area contributed by atoms with Crippen LogP contribution < -0.4 is 4.74 Å². The molecule has 0 aliphatic carbocycles. The SMILES string of the molecule is CCCN(CCC)CC(=O)c1cc(C)ccc1OCC(C)C. The van der Waals surface area contributed by atoms with Crippen molar-refractivity contribution < 1.29 is 9.53 Å². The highest BCUT2D eigenvalue weighted by molar-refractivity contribution is 6.00. The molecule has 0 saturated heterocycles. The summed E-state index contributed by atoms with van der Waals surface area (Å²) in [4.78, 5) is 14.9. The first-order valence-corrected chi connectivity index (χ1v) is 8.46. The van der Waals surface area contributed by atoms with E-state index in [1.807, 2.05) is 25.1 Å². The topological polar surface area (TPSA) is 29.5 Å². The third-order valence-electron chi connectivity index (χ3n) is 3.45. The van der Waals surface area contributed by atoms with Crippen molar-refractivity contribution in [3.05, 3.63) is 29.3 Å². The Morgan fingerprint density at radius 3 is 2.36 bits per heavy atom. The molecule has 0 amide bonds. The van der Waals surface area contributed by atoms with Crippen LogP contribution in [-0.4, -0.2) is 36.9 Å². The third kappa shape index (κ3) is 6.18. The van der Waals surface area contributed by atoms with E-state index in [0.717, 1.165) is 42.8 Å². The number of hydrogen-bond acceptors (Lipinski definition) is 3. The van der Waals surface area contributed by atoms with E-state index in [2.05, 4.69) is 32.6 Å². The maximum atomic E-state index is 12.7. The molecule has 1 aromatic rings. The Bertz CT molecular complexity index is 463. The zero-order valence-corrected chi connectivity index (χ0v) is 14.8. The quantitative estimate of drug-likeness (QED) is 0.602. The van der Waals surface area contributed by atoms with Crippen molar-refractivity contribution in [3.8, 4) is 5.75 Å². The van der Waals surface area contributed by atoms with Crippen LogP contribution in [-0.2, 0) is 0 Å². The summed E-state index contributed by atoms with van der Waals surface area (Å²) >= 11 is 0. The minimum Gasteiger partial charge on any atom is -0.493 e. The molecule has 124 valence electrons. The lowest BCUT2D eigenvalue weighted by Crippen LogP contribution is -2.31. The average Bonchev–Trinajstić information content (AvgIpc) is 2.46. The molecule has 0 aliphatic heterocycles. The van der Waals surface area contributed by atoms with Gasteiger partial charge in [-0.15, -0.1) is 0 Å². The Hall–Kier alpha value is -1.35. The molecule has 0 atom stereocenters. The van der Waals surface area contributed by atoms with E-state index in [-0.39, 0.29) is 5.78 Å². The molecular formula is C19H31NO2. The van der Waals surface area contributed by atoms with Gasteiger partial charge in [0.15, 0.2) is 5.78 Å². The number of rotatable bonds is 10. The fourth-order valence-electron chi connectivity index (χ4n) is 2.43. The molecule has 0 fully saturated rings. The Labute approximate surface area is 135 Å². The molecule has 0 aromatic heterocycles. The lowest BCUT2D eigenvalue weighted by atomic mass is 10.1. The van der Waals surface area contributed by atoms with Gasteiger partial charge < -0.3 is 4.74 Å². The summed E-state index contributed by atoms with van der Waals surface area (Å²) in [6.45, 7) is 13.6. The van der Waals surface area contributed by atoms with Gasteiger partial charge in [0.25, 0.3) is 0 Å². The highest BCUT2D eigenvalue weighted by Gasteiger charge is 2.16. The highest BCUT2D eigenvalue weighted by Crippen LogP contribution is 2.22. The molecule has 1 rings (SSSR count). The molecule has 0 heterocycles. The van der Waals surface area contributed by atoms with Crippen LogP contribution in [0, 0.1) is 12.8 Å². The fraction of sp³-hybridized carbons (Fsp3) is 0.632. The van der Waals surface area contributed by atoms with E-state index in [4.69, 9.17) is 4.74 Å². The zero-order valence-electron chi connectivity index (χ0n) is 14.8. The normalized spacial score (nSPS) is 11.2. The molecule has 22 heavy (non-hydrogen) atoms. The Morgan fingerprint density at radius 2 is 1.82 bits per heavy atom. The Kier molecular flexibility index (Phi) is 8.18. The summed E-state index contributed by atoms with van der Waals surface area (Å²) < 4.78 is 5.84. The largest absolute Gasteiger partial charge is 0.493 e. The van der Waals surface area contributed by atoms with Crippen LogP contribution in [0.5, 0.6) is 5.75 Å². The maximum absolute atomic E-state index is 12.7. The molecule has 0 bridgehead atoms. The summed E-state index contributed by atoms with van der Waals surface area (Å²) in [7, 11) is 0. The van der Waals surface area contributed by atoms with Crippen LogP contribution in [0.4, 0.5) is 0 Å². The molecule has 0 spiro atoms. The van der Waals surface area contributed by atoms with E-state index in [1.165, 1.54) is 0 Å². The minimum atomic E-state index is 0.157. The van der Waals surface area contributed by atoms with Gasteiger partial charge in [-0.3, -0.25) is 9.69 Å². The maximum Gasteiger partial charge on any atom is 0.180 e. The minimum absolute atomic E-state index is 0.157.